The van der Waals surface area contributed by atoms with E-state index in [1.165, 1.54) is 12.1 Å². The number of aromatic nitrogens is 2. The summed E-state index contributed by atoms with van der Waals surface area (Å²) in [5, 5.41) is 23.1. The zero-order valence-corrected chi connectivity index (χ0v) is 15.5. The number of nitrogens with zero attached hydrogens (tertiary/aromatic N) is 3. The molecular formula is C20H20N4O4. The quantitative estimate of drug-likeness (QED) is 0.474. The topological polar surface area (TPSA) is 110 Å². The standard InChI is InChI=1S/C20H20N4O4/c1-13-10-16(6-7-18(13)28-9-8-25)22-19-11-14(2)21-20(23-19)15-4-3-5-17(12-15)24(26)27/h3-7,10-12,25H,8-9H2,1-2H3,(H,21,22,23). The van der Waals surface area contributed by atoms with E-state index in [1.54, 1.807) is 18.2 Å². The normalized spacial score (nSPS) is 10.5. The Balaban J connectivity index is 1.87. The molecule has 0 fully saturated rings. The molecule has 0 spiro atoms. The molecule has 2 aromatic carbocycles. The molecule has 1 heterocycles. The average Bonchev–Trinajstić information content (AvgIpc) is 2.67. The van der Waals surface area contributed by atoms with Crippen LogP contribution in [-0.4, -0.2) is 33.2 Å². The second kappa shape index (κ2) is 8.45. The summed E-state index contributed by atoms with van der Waals surface area (Å²) in [4.78, 5) is 19.5. The Morgan fingerprint density at radius 3 is 2.68 bits per heavy atom. The molecule has 0 atom stereocenters. The summed E-state index contributed by atoms with van der Waals surface area (Å²) in [7, 11) is 0. The summed E-state index contributed by atoms with van der Waals surface area (Å²) in [6, 6.07) is 13.6. The van der Waals surface area contributed by atoms with E-state index in [-0.39, 0.29) is 18.9 Å². The second-order valence-electron chi connectivity index (χ2n) is 6.20. The van der Waals surface area contributed by atoms with E-state index in [4.69, 9.17) is 9.84 Å². The molecule has 0 aliphatic rings. The van der Waals surface area contributed by atoms with Gasteiger partial charge in [-0.1, -0.05) is 12.1 Å². The smallest absolute Gasteiger partial charge is 0.270 e. The predicted molar refractivity (Wildman–Crippen MR) is 106 cm³/mol. The Labute approximate surface area is 162 Å². The number of nitrogens with one attached hydrogen (secondary N) is 1. The van der Waals surface area contributed by atoms with Crippen molar-refractivity contribution < 1.29 is 14.8 Å². The fourth-order valence-corrected chi connectivity index (χ4v) is 2.71. The van der Waals surface area contributed by atoms with Gasteiger partial charge in [0, 0.05) is 35.1 Å². The summed E-state index contributed by atoms with van der Waals surface area (Å²) >= 11 is 0. The highest BCUT2D eigenvalue weighted by Gasteiger charge is 2.11. The lowest BCUT2D eigenvalue weighted by Gasteiger charge is -2.12. The van der Waals surface area contributed by atoms with Crippen molar-refractivity contribution in [2.24, 2.45) is 0 Å². The number of nitro benzene ring substituents is 1. The fourth-order valence-electron chi connectivity index (χ4n) is 2.71. The van der Waals surface area contributed by atoms with Crippen molar-refractivity contribution in [3.8, 4) is 17.1 Å². The van der Waals surface area contributed by atoms with Crippen LogP contribution in [-0.2, 0) is 0 Å². The molecule has 0 amide bonds. The lowest BCUT2D eigenvalue weighted by Crippen LogP contribution is -2.03. The molecule has 144 valence electrons. The Kier molecular flexibility index (Phi) is 5.81. The first kappa shape index (κ1) is 19.2. The molecule has 0 saturated carbocycles. The average molecular weight is 380 g/mol. The molecule has 8 nitrogen and oxygen atoms in total. The number of aliphatic hydroxyl groups is 1. The van der Waals surface area contributed by atoms with Crippen LogP contribution in [0.15, 0.2) is 48.5 Å². The fraction of sp³-hybridized carbons (Fsp3) is 0.200. The van der Waals surface area contributed by atoms with Gasteiger partial charge in [0.1, 0.15) is 18.2 Å². The zero-order chi connectivity index (χ0) is 20.1. The van der Waals surface area contributed by atoms with Crippen molar-refractivity contribution in [3.63, 3.8) is 0 Å². The van der Waals surface area contributed by atoms with Gasteiger partial charge in [-0.05, 0) is 37.6 Å². The van der Waals surface area contributed by atoms with Gasteiger partial charge in [0.2, 0.25) is 0 Å². The van der Waals surface area contributed by atoms with Gasteiger partial charge < -0.3 is 15.2 Å². The molecule has 3 rings (SSSR count). The highest BCUT2D eigenvalue weighted by molar-refractivity contribution is 5.64. The molecule has 1 aromatic heterocycles. The maximum absolute atomic E-state index is 11.0. The number of benzene rings is 2. The number of anilines is 2. The number of non-ortho nitro benzene ring substituents is 1. The third-order valence-corrected chi connectivity index (χ3v) is 3.97. The van der Waals surface area contributed by atoms with Crippen LogP contribution in [0.4, 0.5) is 17.2 Å². The van der Waals surface area contributed by atoms with Crippen LogP contribution < -0.4 is 10.1 Å². The highest BCUT2D eigenvalue weighted by Crippen LogP contribution is 2.26. The van der Waals surface area contributed by atoms with Crippen LogP contribution in [0.1, 0.15) is 11.3 Å². The van der Waals surface area contributed by atoms with Crippen molar-refractivity contribution in [1.29, 1.82) is 0 Å². The number of ether oxygens (including phenoxy) is 1. The van der Waals surface area contributed by atoms with Crippen LogP contribution >= 0.6 is 0 Å². The minimum Gasteiger partial charge on any atom is -0.491 e. The van der Waals surface area contributed by atoms with Gasteiger partial charge in [-0.15, -0.1) is 0 Å². The van der Waals surface area contributed by atoms with Crippen molar-refractivity contribution in [2.75, 3.05) is 18.5 Å². The maximum atomic E-state index is 11.0. The van der Waals surface area contributed by atoms with Crippen LogP contribution in [0.2, 0.25) is 0 Å². The first-order chi connectivity index (χ1) is 13.5. The van der Waals surface area contributed by atoms with Gasteiger partial charge in [-0.3, -0.25) is 10.1 Å². The lowest BCUT2D eigenvalue weighted by atomic mass is 10.2. The van der Waals surface area contributed by atoms with Gasteiger partial charge in [0.05, 0.1) is 11.5 Å². The van der Waals surface area contributed by atoms with E-state index in [1.807, 2.05) is 32.0 Å². The Bertz CT molecular complexity index is 1010. The minimum atomic E-state index is -0.443. The Hall–Kier alpha value is -3.52. The molecule has 28 heavy (non-hydrogen) atoms. The van der Waals surface area contributed by atoms with Crippen LogP contribution in [0.3, 0.4) is 0 Å². The van der Waals surface area contributed by atoms with Crippen molar-refractivity contribution >= 4 is 17.2 Å². The lowest BCUT2D eigenvalue weighted by molar-refractivity contribution is -0.384. The number of aliphatic hydroxyl groups excluding tert-OH is 1. The molecule has 0 unspecified atom stereocenters. The predicted octanol–water partition coefficient (Wildman–Crippen LogP) is 3.78. The SMILES string of the molecule is Cc1cc(Nc2ccc(OCCO)c(C)c2)nc(-c2cccc([N+](=O)[O-])c2)n1. The third kappa shape index (κ3) is 4.60. The van der Waals surface area contributed by atoms with Gasteiger partial charge in [0.15, 0.2) is 5.82 Å². The second-order valence-corrected chi connectivity index (χ2v) is 6.20. The summed E-state index contributed by atoms with van der Waals surface area (Å²) in [6.45, 7) is 3.95. The molecule has 0 saturated heterocycles. The molecular weight excluding hydrogens is 360 g/mol. The van der Waals surface area contributed by atoms with E-state index < -0.39 is 4.92 Å². The highest BCUT2D eigenvalue weighted by atomic mass is 16.6. The van der Waals surface area contributed by atoms with Crippen molar-refractivity contribution in [3.05, 3.63) is 69.9 Å². The number of hydrogen-bond acceptors (Lipinski definition) is 7. The largest absolute Gasteiger partial charge is 0.491 e. The van der Waals surface area contributed by atoms with E-state index >= 15 is 0 Å². The zero-order valence-electron chi connectivity index (χ0n) is 15.5. The maximum Gasteiger partial charge on any atom is 0.270 e. The summed E-state index contributed by atoms with van der Waals surface area (Å²) in [5.74, 6) is 1.69. The van der Waals surface area contributed by atoms with E-state index in [9.17, 15) is 10.1 Å². The van der Waals surface area contributed by atoms with Crippen LogP contribution in [0, 0.1) is 24.0 Å². The number of rotatable bonds is 7. The molecule has 0 bridgehead atoms. The first-order valence-corrected chi connectivity index (χ1v) is 8.68. The van der Waals surface area contributed by atoms with Crippen molar-refractivity contribution in [2.45, 2.75) is 13.8 Å². The van der Waals surface area contributed by atoms with Gasteiger partial charge >= 0.3 is 0 Å². The van der Waals surface area contributed by atoms with Gasteiger partial charge in [-0.25, -0.2) is 9.97 Å². The number of hydrogen-bond donors (Lipinski definition) is 2. The molecule has 0 aliphatic carbocycles. The van der Waals surface area contributed by atoms with E-state index in [2.05, 4.69) is 15.3 Å². The molecule has 0 aliphatic heterocycles. The van der Waals surface area contributed by atoms with Crippen molar-refractivity contribution in [1.82, 2.24) is 9.97 Å². The van der Waals surface area contributed by atoms with E-state index in [0.29, 0.717) is 23.0 Å². The molecule has 2 N–H and O–H groups in total. The van der Waals surface area contributed by atoms with E-state index in [0.717, 1.165) is 16.9 Å². The molecule has 0 radical (unpaired) electrons. The summed E-state index contributed by atoms with van der Waals surface area (Å²) in [6.07, 6.45) is 0. The number of nitro groups is 1. The first-order valence-electron chi connectivity index (χ1n) is 8.68. The monoisotopic (exact) mass is 380 g/mol. The van der Waals surface area contributed by atoms with Crippen LogP contribution in [0.5, 0.6) is 5.75 Å². The minimum absolute atomic E-state index is 0.00814. The molecule has 3 aromatic rings. The third-order valence-electron chi connectivity index (χ3n) is 3.97. The van der Waals surface area contributed by atoms with Gasteiger partial charge in [0.25, 0.3) is 5.69 Å². The Morgan fingerprint density at radius 2 is 1.96 bits per heavy atom. The van der Waals surface area contributed by atoms with Crippen LogP contribution in [0.25, 0.3) is 11.4 Å². The Morgan fingerprint density at radius 1 is 1.14 bits per heavy atom. The summed E-state index contributed by atoms with van der Waals surface area (Å²) in [5.41, 5.74) is 3.04. The summed E-state index contributed by atoms with van der Waals surface area (Å²) < 4.78 is 5.46. The number of aryl methyl sites for hydroxylation is 2. The van der Waals surface area contributed by atoms with Gasteiger partial charge in [-0.2, -0.15) is 0 Å². The molecule has 8 heteroatoms.